The summed E-state index contributed by atoms with van der Waals surface area (Å²) in [6, 6.07) is 3.63. The molecule has 1 atom stereocenters. The fraction of sp³-hybridized carbons (Fsp3) is 0.400. The summed E-state index contributed by atoms with van der Waals surface area (Å²) in [6.45, 7) is 5.17. The van der Waals surface area contributed by atoms with Gasteiger partial charge in [0, 0.05) is 31.0 Å². The molecule has 1 N–H and O–H groups in total. The van der Waals surface area contributed by atoms with Crippen molar-refractivity contribution in [2.24, 2.45) is 0 Å². The fourth-order valence-electron chi connectivity index (χ4n) is 2.34. The number of rotatable bonds is 6. The summed E-state index contributed by atoms with van der Waals surface area (Å²) in [5.41, 5.74) is 0.0743. The van der Waals surface area contributed by atoms with E-state index < -0.39 is 17.7 Å². The predicted octanol–water partition coefficient (Wildman–Crippen LogP) is 2.30. The Morgan fingerprint density at radius 3 is 2.52 bits per heavy atom. The number of likely N-dealkylation sites (N-methyl/N-ethyl adjacent to an activating group) is 1. The Labute approximate surface area is 122 Å². The number of hydrogen-bond donors (Lipinski definition) is 1. The zero-order valence-corrected chi connectivity index (χ0v) is 12.1. The third-order valence-corrected chi connectivity index (χ3v) is 3.45. The minimum absolute atomic E-state index is 0.155. The van der Waals surface area contributed by atoms with E-state index in [1.54, 1.807) is 17.0 Å². The van der Waals surface area contributed by atoms with Crippen molar-refractivity contribution in [1.82, 2.24) is 14.5 Å². The molecule has 0 saturated heterocycles. The molecule has 0 amide bonds. The van der Waals surface area contributed by atoms with Gasteiger partial charge in [0.05, 0.1) is 6.04 Å². The first-order valence-corrected chi connectivity index (χ1v) is 7.01. The van der Waals surface area contributed by atoms with E-state index in [4.69, 9.17) is 0 Å². The van der Waals surface area contributed by atoms with Crippen LogP contribution in [0.1, 0.15) is 25.5 Å². The lowest BCUT2D eigenvalue weighted by Gasteiger charge is -2.19. The van der Waals surface area contributed by atoms with Gasteiger partial charge in [-0.05, 0) is 19.5 Å². The van der Waals surface area contributed by atoms with Gasteiger partial charge in [-0.15, -0.1) is 0 Å². The summed E-state index contributed by atoms with van der Waals surface area (Å²) in [4.78, 5) is 12.1. The van der Waals surface area contributed by atoms with Gasteiger partial charge in [0.25, 0.3) is 0 Å². The Balaban J connectivity index is 2.33. The highest BCUT2D eigenvalue weighted by molar-refractivity contribution is 5.22. The zero-order chi connectivity index (χ0) is 15.4. The van der Waals surface area contributed by atoms with E-state index >= 15 is 0 Å². The van der Waals surface area contributed by atoms with Crippen molar-refractivity contribution in [3.8, 4) is 0 Å². The minimum atomic E-state index is -0.881. The highest BCUT2D eigenvalue weighted by atomic mass is 19.2. The molecule has 0 fully saturated rings. The fourth-order valence-corrected chi connectivity index (χ4v) is 2.34. The first-order valence-electron chi connectivity index (χ1n) is 7.01. The molecule has 0 radical (unpaired) electrons. The Hall–Kier alpha value is -1.95. The maximum atomic E-state index is 13.9. The molecule has 1 unspecified atom stereocenters. The molecule has 1 aromatic heterocycles. The summed E-state index contributed by atoms with van der Waals surface area (Å²) < 4.78 is 30.4. The molecular formula is C15H19F2N3O. The van der Waals surface area contributed by atoms with Crippen LogP contribution >= 0.6 is 0 Å². The average molecular weight is 295 g/mol. The number of benzene rings is 1. The van der Waals surface area contributed by atoms with Gasteiger partial charge in [0.15, 0.2) is 11.6 Å². The first-order chi connectivity index (χ1) is 10.1. The summed E-state index contributed by atoms with van der Waals surface area (Å²) in [5.74, 6) is -1.75. The Morgan fingerprint density at radius 2 is 1.90 bits per heavy atom. The van der Waals surface area contributed by atoms with Crippen molar-refractivity contribution < 1.29 is 8.78 Å². The van der Waals surface area contributed by atoms with Gasteiger partial charge in [-0.2, -0.15) is 0 Å². The Bertz CT molecular complexity index is 663. The standard InChI is InChI=1S/C15H19F2N3O/c1-3-18-13(11-6-5-7-12(16)14(11)17)10-20-9-8-19(4-2)15(20)21/h5-9,13,18H,3-4,10H2,1-2H3. The van der Waals surface area contributed by atoms with Crippen LogP contribution < -0.4 is 11.0 Å². The van der Waals surface area contributed by atoms with Crippen LogP contribution in [0.5, 0.6) is 0 Å². The molecule has 2 rings (SSSR count). The van der Waals surface area contributed by atoms with Crippen molar-refractivity contribution in [3.05, 3.63) is 58.3 Å². The molecule has 21 heavy (non-hydrogen) atoms. The topological polar surface area (TPSA) is 39.0 Å². The zero-order valence-electron chi connectivity index (χ0n) is 12.1. The van der Waals surface area contributed by atoms with Crippen molar-refractivity contribution in [2.45, 2.75) is 33.0 Å². The van der Waals surface area contributed by atoms with Crippen molar-refractivity contribution in [1.29, 1.82) is 0 Å². The predicted molar refractivity (Wildman–Crippen MR) is 77.1 cm³/mol. The number of hydrogen-bond acceptors (Lipinski definition) is 2. The van der Waals surface area contributed by atoms with Crippen LogP contribution in [0.4, 0.5) is 8.78 Å². The largest absolute Gasteiger partial charge is 0.328 e. The molecule has 114 valence electrons. The van der Waals surface area contributed by atoms with E-state index in [1.807, 2.05) is 13.8 Å². The van der Waals surface area contributed by atoms with Gasteiger partial charge in [0.1, 0.15) is 0 Å². The highest BCUT2D eigenvalue weighted by Gasteiger charge is 2.19. The third kappa shape index (κ3) is 3.21. The van der Waals surface area contributed by atoms with E-state index in [9.17, 15) is 13.6 Å². The lowest BCUT2D eigenvalue weighted by Crippen LogP contribution is -2.31. The van der Waals surface area contributed by atoms with Crippen LogP contribution in [0.25, 0.3) is 0 Å². The van der Waals surface area contributed by atoms with Gasteiger partial charge in [-0.25, -0.2) is 13.6 Å². The second-order valence-electron chi connectivity index (χ2n) is 4.77. The van der Waals surface area contributed by atoms with Crippen LogP contribution in [-0.2, 0) is 13.1 Å². The normalized spacial score (nSPS) is 12.6. The van der Waals surface area contributed by atoms with E-state index in [0.29, 0.717) is 13.1 Å². The highest BCUT2D eigenvalue weighted by Crippen LogP contribution is 2.20. The molecule has 0 aliphatic rings. The number of halogens is 2. The van der Waals surface area contributed by atoms with Crippen LogP contribution in [0, 0.1) is 11.6 Å². The molecule has 4 nitrogen and oxygen atoms in total. The molecule has 0 bridgehead atoms. The molecule has 6 heteroatoms. The second kappa shape index (κ2) is 6.67. The number of aromatic nitrogens is 2. The smallest absolute Gasteiger partial charge is 0.309 e. The number of nitrogens with one attached hydrogen (secondary N) is 1. The maximum Gasteiger partial charge on any atom is 0.328 e. The first kappa shape index (κ1) is 15.4. The molecule has 0 spiro atoms. The van der Waals surface area contributed by atoms with Crippen molar-refractivity contribution in [2.75, 3.05) is 6.54 Å². The number of aryl methyl sites for hydroxylation is 1. The van der Waals surface area contributed by atoms with E-state index in [-0.39, 0.29) is 17.8 Å². The molecule has 1 aromatic carbocycles. The van der Waals surface area contributed by atoms with Gasteiger partial charge < -0.3 is 5.32 Å². The van der Waals surface area contributed by atoms with E-state index in [0.717, 1.165) is 6.07 Å². The molecule has 0 saturated carbocycles. The summed E-state index contributed by atoms with van der Waals surface area (Å²) in [6.07, 6.45) is 3.35. The number of imidazole rings is 1. The molecular weight excluding hydrogens is 276 g/mol. The number of nitrogens with zero attached hydrogens (tertiary/aromatic N) is 2. The molecule has 2 aromatic rings. The van der Waals surface area contributed by atoms with Crippen LogP contribution in [-0.4, -0.2) is 15.7 Å². The molecule has 0 aliphatic carbocycles. The van der Waals surface area contributed by atoms with Crippen molar-refractivity contribution >= 4 is 0 Å². The summed E-state index contributed by atoms with van der Waals surface area (Å²) >= 11 is 0. The average Bonchev–Trinajstić information content (AvgIpc) is 2.82. The SMILES string of the molecule is CCNC(Cn1ccn(CC)c1=O)c1cccc(F)c1F. The van der Waals surface area contributed by atoms with Gasteiger partial charge in [0.2, 0.25) is 0 Å². The third-order valence-electron chi connectivity index (χ3n) is 3.45. The van der Waals surface area contributed by atoms with Gasteiger partial charge >= 0.3 is 5.69 Å². The van der Waals surface area contributed by atoms with Crippen LogP contribution in [0.2, 0.25) is 0 Å². The lowest BCUT2D eigenvalue weighted by molar-refractivity contribution is 0.426. The Kier molecular flexibility index (Phi) is 4.90. The molecule has 1 heterocycles. The Morgan fingerprint density at radius 1 is 1.19 bits per heavy atom. The second-order valence-corrected chi connectivity index (χ2v) is 4.77. The van der Waals surface area contributed by atoms with Gasteiger partial charge in [-0.1, -0.05) is 19.1 Å². The summed E-state index contributed by atoms with van der Waals surface area (Å²) in [7, 11) is 0. The monoisotopic (exact) mass is 295 g/mol. The molecule has 0 aliphatic heterocycles. The minimum Gasteiger partial charge on any atom is -0.309 e. The summed E-state index contributed by atoms with van der Waals surface area (Å²) in [5, 5.41) is 3.09. The van der Waals surface area contributed by atoms with E-state index in [1.165, 1.54) is 16.7 Å². The van der Waals surface area contributed by atoms with E-state index in [2.05, 4.69) is 5.32 Å². The van der Waals surface area contributed by atoms with Crippen LogP contribution in [0.3, 0.4) is 0 Å². The maximum absolute atomic E-state index is 13.9. The van der Waals surface area contributed by atoms with Gasteiger partial charge in [-0.3, -0.25) is 9.13 Å². The quantitative estimate of drug-likeness (QED) is 0.888. The lowest BCUT2D eigenvalue weighted by atomic mass is 10.1. The van der Waals surface area contributed by atoms with Crippen LogP contribution in [0.15, 0.2) is 35.4 Å². The van der Waals surface area contributed by atoms with Crippen molar-refractivity contribution in [3.63, 3.8) is 0 Å².